The van der Waals surface area contributed by atoms with Crippen LogP contribution in [0.25, 0.3) is 0 Å². The first-order chi connectivity index (χ1) is 11.8. The van der Waals surface area contributed by atoms with Crippen LogP contribution in [0.5, 0.6) is 5.75 Å². The van der Waals surface area contributed by atoms with Crippen LogP contribution in [-0.4, -0.2) is 39.4 Å². The highest BCUT2D eigenvalue weighted by Gasteiger charge is 2.04. The quantitative estimate of drug-likeness (QED) is 0.267. The summed E-state index contributed by atoms with van der Waals surface area (Å²) in [6.45, 7) is 9.47. The molecule has 0 amide bonds. The van der Waals surface area contributed by atoms with Crippen LogP contribution in [0.15, 0.2) is 41.9 Å². The molecular weight excluding hydrogens is 302 g/mol. The van der Waals surface area contributed by atoms with E-state index >= 15 is 0 Å². The Morgan fingerprint density at radius 2 is 2.00 bits per heavy atom. The molecule has 0 spiro atoms. The number of hydrogen-bond donors (Lipinski definition) is 2. The number of hydrogen-bond acceptors (Lipinski definition) is 3. The van der Waals surface area contributed by atoms with Gasteiger partial charge in [-0.15, -0.1) is 0 Å². The molecule has 0 unspecified atom stereocenters. The van der Waals surface area contributed by atoms with Gasteiger partial charge in [0.25, 0.3) is 0 Å². The predicted molar refractivity (Wildman–Crippen MR) is 101 cm³/mol. The Morgan fingerprint density at radius 1 is 1.21 bits per heavy atom. The Kier molecular flexibility index (Phi) is 11.2. The molecule has 2 N–H and O–H groups in total. The number of para-hydroxylation sites is 1. The molecule has 0 bridgehead atoms. The minimum absolute atomic E-state index is 0.502. The third kappa shape index (κ3) is 8.58. The maximum atomic E-state index is 5.66. The van der Waals surface area contributed by atoms with Gasteiger partial charge in [-0.25, -0.2) is 0 Å². The lowest BCUT2D eigenvalue weighted by Gasteiger charge is -2.14. The van der Waals surface area contributed by atoms with Crippen LogP contribution in [0.3, 0.4) is 0 Å². The van der Waals surface area contributed by atoms with E-state index in [-0.39, 0.29) is 0 Å². The number of benzene rings is 1. The molecule has 1 aromatic carbocycles. The third-order valence-corrected chi connectivity index (χ3v) is 3.40. The van der Waals surface area contributed by atoms with Crippen molar-refractivity contribution in [2.45, 2.75) is 32.7 Å². The summed E-state index contributed by atoms with van der Waals surface area (Å²) >= 11 is 0. The molecule has 0 aliphatic carbocycles. The van der Waals surface area contributed by atoms with E-state index in [1.165, 1.54) is 6.42 Å². The van der Waals surface area contributed by atoms with Gasteiger partial charge in [0.1, 0.15) is 12.4 Å². The van der Waals surface area contributed by atoms with Crippen molar-refractivity contribution < 1.29 is 9.47 Å². The van der Waals surface area contributed by atoms with Crippen LogP contribution >= 0.6 is 0 Å². The van der Waals surface area contributed by atoms with E-state index in [9.17, 15) is 0 Å². The van der Waals surface area contributed by atoms with E-state index in [1.54, 1.807) is 13.1 Å². The molecule has 5 nitrogen and oxygen atoms in total. The highest BCUT2D eigenvalue weighted by molar-refractivity contribution is 5.79. The number of nitrogens with zero attached hydrogens (tertiary/aromatic N) is 1. The lowest BCUT2D eigenvalue weighted by atomic mass is 10.2. The Hall–Kier alpha value is -2.01. The number of rotatable bonds is 12. The summed E-state index contributed by atoms with van der Waals surface area (Å²) in [6, 6.07) is 7.97. The summed E-state index contributed by atoms with van der Waals surface area (Å²) in [6.07, 6.45) is 5.01. The van der Waals surface area contributed by atoms with Gasteiger partial charge in [-0.3, -0.25) is 4.99 Å². The van der Waals surface area contributed by atoms with E-state index in [4.69, 9.17) is 9.47 Å². The van der Waals surface area contributed by atoms with Crippen LogP contribution in [0.1, 0.15) is 31.7 Å². The molecular formula is C19H31N3O2. The zero-order valence-corrected chi connectivity index (χ0v) is 15.0. The monoisotopic (exact) mass is 333 g/mol. The lowest BCUT2D eigenvalue weighted by molar-refractivity contribution is 0.129. The largest absolute Gasteiger partial charge is 0.489 e. The van der Waals surface area contributed by atoms with Gasteiger partial charge in [0.15, 0.2) is 5.96 Å². The van der Waals surface area contributed by atoms with E-state index < -0.39 is 0 Å². The summed E-state index contributed by atoms with van der Waals surface area (Å²) in [5.74, 6) is 1.65. The Morgan fingerprint density at radius 3 is 2.75 bits per heavy atom. The van der Waals surface area contributed by atoms with Gasteiger partial charge in [-0.05, 0) is 18.9 Å². The second kappa shape index (κ2) is 13.4. The maximum Gasteiger partial charge on any atom is 0.191 e. The summed E-state index contributed by atoms with van der Waals surface area (Å²) in [5.41, 5.74) is 1.09. The molecule has 0 aliphatic heterocycles. The summed E-state index contributed by atoms with van der Waals surface area (Å²) in [5, 5.41) is 6.60. The highest BCUT2D eigenvalue weighted by Crippen LogP contribution is 2.17. The summed E-state index contributed by atoms with van der Waals surface area (Å²) in [7, 11) is 1.77. The number of guanidine groups is 1. The highest BCUT2D eigenvalue weighted by atomic mass is 16.5. The normalized spacial score (nSPS) is 11.2. The fourth-order valence-electron chi connectivity index (χ4n) is 2.07. The Balaban J connectivity index is 2.30. The Bertz CT molecular complexity index is 489. The Labute approximate surface area is 146 Å². The van der Waals surface area contributed by atoms with Gasteiger partial charge in [0.2, 0.25) is 0 Å². The molecule has 0 radical (unpaired) electrons. The molecule has 0 fully saturated rings. The van der Waals surface area contributed by atoms with Crippen LogP contribution in [0.4, 0.5) is 0 Å². The first-order valence-electron chi connectivity index (χ1n) is 8.65. The van der Waals surface area contributed by atoms with E-state index in [0.717, 1.165) is 49.9 Å². The van der Waals surface area contributed by atoms with Crippen molar-refractivity contribution in [1.82, 2.24) is 10.6 Å². The first kappa shape index (κ1) is 20.0. The number of aliphatic imine (C=N–C) groups is 1. The summed E-state index contributed by atoms with van der Waals surface area (Å²) < 4.78 is 11.2. The lowest BCUT2D eigenvalue weighted by Crippen LogP contribution is -2.37. The fourth-order valence-corrected chi connectivity index (χ4v) is 2.07. The molecule has 5 heteroatoms. The van der Waals surface area contributed by atoms with Gasteiger partial charge in [0, 0.05) is 38.9 Å². The van der Waals surface area contributed by atoms with Crippen molar-refractivity contribution in [3.8, 4) is 5.75 Å². The van der Waals surface area contributed by atoms with Crippen molar-refractivity contribution >= 4 is 5.96 Å². The molecule has 24 heavy (non-hydrogen) atoms. The minimum Gasteiger partial charge on any atom is -0.489 e. The van der Waals surface area contributed by atoms with Gasteiger partial charge >= 0.3 is 0 Å². The summed E-state index contributed by atoms with van der Waals surface area (Å²) in [4.78, 5) is 4.24. The van der Waals surface area contributed by atoms with Crippen molar-refractivity contribution in [3.63, 3.8) is 0 Å². The average molecular weight is 333 g/mol. The zero-order valence-electron chi connectivity index (χ0n) is 15.0. The van der Waals surface area contributed by atoms with E-state index in [2.05, 4.69) is 29.1 Å². The van der Waals surface area contributed by atoms with Gasteiger partial charge < -0.3 is 20.1 Å². The third-order valence-electron chi connectivity index (χ3n) is 3.40. The number of ether oxygens (including phenoxy) is 2. The maximum absolute atomic E-state index is 5.66. The fraction of sp³-hybridized carbons (Fsp3) is 0.526. The minimum atomic E-state index is 0.502. The van der Waals surface area contributed by atoms with Crippen molar-refractivity contribution in [3.05, 3.63) is 42.5 Å². The van der Waals surface area contributed by atoms with Crippen molar-refractivity contribution in [2.75, 3.05) is 33.4 Å². The second-order valence-corrected chi connectivity index (χ2v) is 5.38. The first-order valence-corrected chi connectivity index (χ1v) is 8.65. The average Bonchev–Trinajstić information content (AvgIpc) is 2.62. The number of unbranched alkanes of at least 4 members (excludes halogenated alkanes) is 1. The zero-order chi connectivity index (χ0) is 17.5. The van der Waals surface area contributed by atoms with Gasteiger partial charge in [-0.2, -0.15) is 0 Å². The van der Waals surface area contributed by atoms with Crippen molar-refractivity contribution in [2.24, 2.45) is 4.99 Å². The molecule has 0 aromatic heterocycles. The van der Waals surface area contributed by atoms with Gasteiger partial charge in [0.05, 0.1) is 0 Å². The smallest absolute Gasteiger partial charge is 0.191 e. The van der Waals surface area contributed by atoms with E-state index in [1.807, 2.05) is 24.3 Å². The van der Waals surface area contributed by atoms with Crippen LogP contribution < -0.4 is 15.4 Å². The molecule has 0 aliphatic rings. The van der Waals surface area contributed by atoms with Crippen molar-refractivity contribution in [1.29, 1.82) is 0 Å². The molecule has 1 rings (SSSR count). The van der Waals surface area contributed by atoms with Crippen LogP contribution in [-0.2, 0) is 11.3 Å². The SMILES string of the molecule is C=CCOc1ccccc1CNC(=NC)NCCCOCCCC. The van der Waals surface area contributed by atoms with E-state index in [0.29, 0.717) is 13.2 Å². The number of nitrogens with one attached hydrogen (secondary N) is 2. The molecule has 0 saturated carbocycles. The standard InChI is InChI=1S/C19H31N3O2/c1-4-6-14-23-15-9-12-21-19(20-3)22-16-17-10-7-8-11-18(17)24-13-5-2/h5,7-8,10-11H,2,4,6,9,12-16H2,1,3H3,(H2,20,21,22). The molecule has 0 heterocycles. The molecule has 0 atom stereocenters. The predicted octanol–water partition coefficient (Wildman–Crippen LogP) is 3.12. The van der Waals surface area contributed by atoms with Gasteiger partial charge in [-0.1, -0.05) is 44.2 Å². The molecule has 0 saturated heterocycles. The molecule has 1 aromatic rings. The topological polar surface area (TPSA) is 54.9 Å². The van der Waals surface area contributed by atoms with Crippen LogP contribution in [0.2, 0.25) is 0 Å². The molecule has 134 valence electrons. The second-order valence-electron chi connectivity index (χ2n) is 5.38. The van der Waals surface area contributed by atoms with Crippen LogP contribution in [0, 0.1) is 0 Å².